The van der Waals surface area contributed by atoms with E-state index < -0.39 is 0 Å². The van der Waals surface area contributed by atoms with Crippen molar-refractivity contribution < 1.29 is 22.0 Å². The van der Waals surface area contributed by atoms with Gasteiger partial charge in [-0.1, -0.05) is 5.16 Å². The minimum atomic E-state index is -0.273. The number of hydrogen-bond donors (Lipinski definition) is 5. The van der Waals surface area contributed by atoms with Crippen LogP contribution in [0.3, 0.4) is 0 Å². The van der Waals surface area contributed by atoms with Crippen LogP contribution in [0.25, 0.3) is 0 Å². The first-order valence-electron chi connectivity index (χ1n) is 7.98. The minimum Gasteiger partial charge on any atom is -0.411 e. The van der Waals surface area contributed by atoms with E-state index >= 15 is 0 Å². The van der Waals surface area contributed by atoms with Crippen molar-refractivity contribution in [3.63, 3.8) is 0 Å². The van der Waals surface area contributed by atoms with E-state index in [0.29, 0.717) is 24.5 Å². The summed E-state index contributed by atoms with van der Waals surface area (Å²) in [4.78, 5) is 10.1. The monoisotopic (exact) mass is 403 g/mol. The van der Waals surface area contributed by atoms with Crippen molar-refractivity contribution in [2.24, 2.45) is 21.8 Å². The molecular weight excluding hydrogens is 367 g/mol. The molecule has 0 aliphatic carbocycles. The van der Waals surface area contributed by atoms with Crippen molar-refractivity contribution in [2.45, 2.75) is 72.5 Å². The summed E-state index contributed by atoms with van der Waals surface area (Å²) in [6.45, 7) is 16.2. The molecule has 0 rings (SSSR count). The molecule has 25 heavy (non-hydrogen) atoms. The van der Waals surface area contributed by atoms with Crippen LogP contribution in [0.4, 0.5) is 0 Å². The van der Waals surface area contributed by atoms with E-state index in [-0.39, 0.29) is 33.9 Å². The van der Waals surface area contributed by atoms with Gasteiger partial charge in [0.2, 0.25) is 0 Å². The van der Waals surface area contributed by atoms with Gasteiger partial charge in [-0.3, -0.25) is 0 Å². The molecular formula is C16H36CoN6O2+2. The van der Waals surface area contributed by atoms with Gasteiger partial charge in [0.25, 0.3) is 0 Å². The van der Waals surface area contributed by atoms with Gasteiger partial charge in [0.05, 0.1) is 5.71 Å². The van der Waals surface area contributed by atoms with Crippen LogP contribution in [-0.2, 0) is 16.8 Å². The number of nitrogens with zero attached hydrogens (tertiary/aromatic N) is 2. The largest absolute Gasteiger partial charge is 2.00 e. The van der Waals surface area contributed by atoms with E-state index in [4.69, 9.17) is 16.7 Å². The maximum absolute atomic E-state index is 10.1. The quantitative estimate of drug-likeness (QED) is 0.182. The average Bonchev–Trinajstić information content (AvgIpc) is 2.47. The molecule has 9 heteroatoms. The second-order valence-corrected chi connectivity index (χ2v) is 7.48. The third-order valence-corrected chi connectivity index (χ3v) is 3.14. The zero-order valence-corrected chi connectivity index (χ0v) is 17.8. The normalized spacial score (nSPS) is 14.4. The first-order chi connectivity index (χ1) is 10.7. The third-order valence-electron chi connectivity index (χ3n) is 3.14. The second kappa shape index (κ2) is 13.2. The summed E-state index contributed by atoms with van der Waals surface area (Å²) in [7, 11) is 0. The summed E-state index contributed by atoms with van der Waals surface area (Å²) in [5.41, 5.74) is 12.9. The van der Waals surface area contributed by atoms with Crippen LogP contribution in [0, 0.1) is 4.91 Å². The van der Waals surface area contributed by atoms with Crippen LogP contribution in [0.2, 0.25) is 0 Å². The van der Waals surface area contributed by atoms with Crippen molar-refractivity contribution in [2.75, 3.05) is 13.1 Å². The number of hydrogen-bond acceptors (Lipinski definition) is 8. The predicted molar refractivity (Wildman–Crippen MR) is 101 cm³/mol. The van der Waals surface area contributed by atoms with Crippen LogP contribution in [-0.4, -0.2) is 41.1 Å². The molecule has 1 radical (unpaired) electrons. The molecule has 0 aromatic heterocycles. The Morgan fingerprint density at radius 3 is 1.84 bits per heavy atom. The molecule has 0 aromatic carbocycles. The molecule has 8 nitrogen and oxygen atoms in total. The molecule has 1 atom stereocenters. The van der Waals surface area contributed by atoms with Gasteiger partial charge in [0.15, 0.2) is 0 Å². The molecule has 0 spiro atoms. The van der Waals surface area contributed by atoms with Gasteiger partial charge in [-0.15, -0.1) is 4.91 Å². The maximum atomic E-state index is 10.1. The third kappa shape index (κ3) is 19.2. The first kappa shape index (κ1) is 28.8. The Morgan fingerprint density at radius 1 is 1.08 bits per heavy atom. The fourth-order valence-electron chi connectivity index (χ4n) is 1.21. The predicted octanol–water partition coefficient (Wildman–Crippen LogP) is 1.88. The van der Waals surface area contributed by atoms with E-state index in [1.807, 2.05) is 41.5 Å². The SMILES string of the molecule is CC(=NO)C(C)NCC(C)(C)N.CC(N=O)=C(C)NCC(C)(C)N.[Co+2]. The zero-order valence-electron chi connectivity index (χ0n) is 16.7. The van der Waals surface area contributed by atoms with Crippen LogP contribution in [0.5, 0.6) is 0 Å². The second-order valence-electron chi connectivity index (χ2n) is 7.48. The Balaban J connectivity index is -0.000000372. The van der Waals surface area contributed by atoms with Gasteiger partial charge in [0, 0.05) is 35.9 Å². The molecule has 0 heterocycles. The van der Waals surface area contributed by atoms with E-state index in [1.165, 1.54) is 0 Å². The molecule has 149 valence electrons. The van der Waals surface area contributed by atoms with Crippen LogP contribution in [0.15, 0.2) is 21.7 Å². The van der Waals surface area contributed by atoms with E-state index in [2.05, 4.69) is 21.0 Å². The molecule has 0 aliphatic heterocycles. The van der Waals surface area contributed by atoms with Crippen molar-refractivity contribution in [3.05, 3.63) is 16.3 Å². The fourth-order valence-corrected chi connectivity index (χ4v) is 1.21. The maximum Gasteiger partial charge on any atom is 2.00 e. The molecule has 1 unspecified atom stereocenters. The Hall–Kier alpha value is -1.00. The summed E-state index contributed by atoms with van der Waals surface area (Å²) in [5, 5.41) is 20.6. The molecule has 0 fully saturated rings. The summed E-state index contributed by atoms with van der Waals surface area (Å²) >= 11 is 0. The molecule has 0 saturated heterocycles. The van der Waals surface area contributed by atoms with Crippen LogP contribution < -0.4 is 22.1 Å². The van der Waals surface area contributed by atoms with Gasteiger partial charge in [0.1, 0.15) is 5.70 Å². The molecule has 0 aromatic rings. The topological polar surface area (TPSA) is 138 Å². The average molecular weight is 403 g/mol. The number of oxime groups is 1. The zero-order chi connectivity index (χ0) is 19.6. The number of nitroso groups, excluding NO2 is 1. The Kier molecular flexibility index (Phi) is 15.2. The van der Waals surface area contributed by atoms with Gasteiger partial charge in [-0.2, -0.15) is 0 Å². The summed E-state index contributed by atoms with van der Waals surface area (Å²) < 4.78 is 0. The van der Waals surface area contributed by atoms with Crippen LogP contribution in [0.1, 0.15) is 55.4 Å². The summed E-state index contributed by atoms with van der Waals surface area (Å²) in [6.07, 6.45) is 0. The summed E-state index contributed by atoms with van der Waals surface area (Å²) in [5.74, 6) is 0. The van der Waals surface area contributed by atoms with E-state index in [0.717, 1.165) is 5.70 Å². The van der Waals surface area contributed by atoms with Gasteiger partial charge in [-0.25, -0.2) is 0 Å². The fraction of sp³-hybridized carbons (Fsp3) is 0.812. The van der Waals surface area contributed by atoms with E-state index in [1.54, 1.807) is 13.8 Å². The van der Waals surface area contributed by atoms with E-state index in [9.17, 15) is 4.91 Å². The Bertz CT molecular complexity index is 439. The molecule has 7 N–H and O–H groups in total. The van der Waals surface area contributed by atoms with Crippen molar-refractivity contribution >= 4 is 5.71 Å². The number of nitrogens with one attached hydrogen (secondary N) is 2. The smallest absolute Gasteiger partial charge is 0.411 e. The molecule has 0 amide bonds. The first-order valence-corrected chi connectivity index (χ1v) is 7.98. The molecule has 0 saturated carbocycles. The number of nitrogens with two attached hydrogens (primary N) is 2. The molecule has 0 bridgehead atoms. The minimum absolute atomic E-state index is 0. The number of allylic oxidation sites excluding steroid dienone is 2. The Morgan fingerprint density at radius 2 is 1.52 bits per heavy atom. The van der Waals surface area contributed by atoms with Gasteiger partial charge >= 0.3 is 16.8 Å². The molecule has 0 aliphatic rings. The number of rotatable bonds is 8. The summed E-state index contributed by atoms with van der Waals surface area (Å²) in [6, 6.07) is 0.0674. The van der Waals surface area contributed by atoms with Crippen molar-refractivity contribution in [3.8, 4) is 0 Å². The Labute approximate surface area is 162 Å². The van der Waals surface area contributed by atoms with Gasteiger partial charge in [-0.05, 0) is 60.6 Å². The van der Waals surface area contributed by atoms with Crippen molar-refractivity contribution in [1.29, 1.82) is 0 Å². The van der Waals surface area contributed by atoms with Gasteiger partial charge < -0.3 is 27.3 Å². The van der Waals surface area contributed by atoms with Crippen molar-refractivity contribution in [1.82, 2.24) is 10.6 Å². The van der Waals surface area contributed by atoms with Crippen LogP contribution >= 0.6 is 0 Å². The standard InChI is InChI=1S/C8H19N3O.C8H17N3O.Co/c2*1-6(7(2)11-12)10-5-8(3,4)9;/h6,10,12H,5,9H2,1-4H3;10H,5,9H2,1-4H3;/q;;+2.